The summed E-state index contributed by atoms with van der Waals surface area (Å²) < 4.78 is 47.7. The number of carbonyl (C=O) groups excluding carboxylic acids is 3. The molecule has 0 radical (unpaired) electrons. The van der Waals surface area contributed by atoms with Gasteiger partial charge in [-0.15, -0.1) is 0 Å². The van der Waals surface area contributed by atoms with E-state index >= 15 is 0 Å². The molecule has 1 aliphatic heterocycles. The van der Waals surface area contributed by atoms with E-state index in [0.717, 1.165) is 5.56 Å². The average molecular weight is 654 g/mol. The number of benzene rings is 2. The molecule has 0 atom stereocenters. The Hall–Kier alpha value is -5.15. The third kappa shape index (κ3) is 8.95. The number of rotatable bonds is 10. The molecule has 46 heavy (non-hydrogen) atoms. The fraction of sp³-hybridized carbons (Fsp3) is 0.400. The number of carboxylic acid groups (broad SMARTS) is 2. The minimum atomic E-state index is -5.08. The number of Topliss-reactive ketones (excluding diaryl/α,β-unsaturated/α-hetero) is 1. The topological polar surface area (TPSA) is 193 Å². The Labute approximate surface area is 261 Å². The van der Waals surface area contributed by atoms with Crippen molar-refractivity contribution in [1.82, 2.24) is 10.2 Å². The summed E-state index contributed by atoms with van der Waals surface area (Å²) >= 11 is 0. The van der Waals surface area contributed by atoms with Crippen LogP contribution in [0.5, 0.6) is 11.5 Å². The molecule has 1 heterocycles. The molecule has 0 bridgehead atoms. The first-order chi connectivity index (χ1) is 21.3. The summed E-state index contributed by atoms with van der Waals surface area (Å²) in [6.07, 6.45) is -5.08. The molecule has 1 aliphatic rings. The van der Waals surface area contributed by atoms with Gasteiger partial charge in [0.15, 0.2) is 12.4 Å². The minimum absolute atomic E-state index is 0.0415. The second kappa shape index (κ2) is 14.8. The number of methoxy groups -OCH3 is 1. The highest BCUT2D eigenvalue weighted by molar-refractivity contribution is 6.08. The number of halogens is 3. The molecule has 1 amide bonds. The number of amidine groups is 1. The monoisotopic (exact) mass is 653 g/mol. The fourth-order valence-corrected chi connectivity index (χ4v) is 4.31. The number of carbonyl (C=O) groups is 5. The van der Waals surface area contributed by atoms with E-state index in [1.54, 1.807) is 30.0 Å². The van der Waals surface area contributed by atoms with Crippen LogP contribution in [0.15, 0.2) is 24.3 Å². The fourth-order valence-electron chi connectivity index (χ4n) is 4.31. The Morgan fingerprint density at radius 1 is 1.00 bits per heavy atom. The first-order valence-electron chi connectivity index (χ1n) is 13.6. The zero-order valence-corrected chi connectivity index (χ0v) is 25.9. The van der Waals surface area contributed by atoms with Gasteiger partial charge in [0.1, 0.15) is 22.9 Å². The van der Waals surface area contributed by atoms with E-state index in [9.17, 15) is 32.3 Å². The molecule has 0 aliphatic carbocycles. The highest BCUT2D eigenvalue weighted by atomic mass is 19.4. The van der Waals surface area contributed by atoms with Crippen molar-refractivity contribution in [2.75, 3.05) is 33.9 Å². The van der Waals surface area contributed by atoms with E-state index in [2.05, 4.69) is 5.32 Å². The number of hydrogen-bond acceptors (Lipinski definition) is 9. The van der Waals surface area contributed by atoms with Gasteiger partial charge in [-0.05, 0) is 42.2 Å². The summed E-state index contributed by atoms with van der Waals surface area (Å²) in [6, 6.07) is 6.21. The maximum Gasteiger partial charge on any atom is 0.490 e. The molecule has 0 aromatic heterocycles. The standard InChI is InChI=1S/C28H33N3O8.C2HF3O2/c1-7-38-22-10-16-12-31(25(29)17(16)11-18(22)26(35)30-5)13-21(32)15-8-19(27(36)37-6)24(39-14-23(33)34)20(9-15)28(2,3)4;3-2(4,5)1(6)7/h8-11,29H,7,12-14H2,1-6H3,(H,30,35)(H,33,34);(H,6,7). The number of nitrogens with zero attached hydrogens (tertiary/aromatic N) is 1. The van der Waals surface area contributed by atoms with Crippen LogP contribution in [0, 0.1) is 5.41 Å². The van der Waals surface area contributed by atoms with E-state index in [1.807, 2.05) is 20.8 Å². The number of nitrogens with one attached hydrogen (secondary N) is 2. The van der Waals surface area contributed by atoms with E-state index in [1.165, 1.54) is 20.2 Å². The number of hydrogen-bond donors (Lipinski definition) is 4. The maximum atomic E-state index is 13.5. The van der Waals surface area contributed by atoms with E-state index in [-0.39, 0.29) is 47.5 Å². The predicted molar refractivity (Wildman–Crippen MR) is 156 cm³/mol. The summed E-state index contributed by atoms with van der Waals surface area (Å²) in [4.78, 5) is 60.1. The largest absolute Gasteiger partial charge is 0.493 e. The lowest BCUT2D eigenvalue weighted by Gasteiger charge is -2.25. The maximum absolute atomic E-state index is 13.5. The van der Waals surface area contributed by atoms with E-state index in [4.69, 9.17) is 34.6 Å². The van der Waals surface area contributed by atoms with Crippen LogP contribution in [0.3, 0.4) is 0 Å². The molecule has 4 N–H and O–H groups in total. The quantitative estimate of drug-likeness (QED) is 0.216. The molecular formula is C30H34F3N3O10. The molecule has 250 valence electrons. The SMILES string of the molecule is CCOc1cc2c(cc1C(=O)NC)C(=N)N(CC(=O)c1cc(C(=O)OC)c(OCC(=O)O)c(C(C)(C)C)c1)C2.O=C(O)C(F)(F)F. The van der Waals surface area contributed by atoms with Gasteiger partial charge in [-0.2, -0.15) is 13.2 Å². The predicted octanol–water partition coefficient (Wildman–Crippen LogP) is 3.65. The van der Waals surface area contributed by atoms with E-state index < -0.39 is 36.1 Å². The summed E-state index contributed by atoms with van der Waals surface area (Å²) in [6.45, 7) is 7.10. The third-order valence-electron chi connectivity index (χ3n) is 6.45. The van der Waals surface area contributed by atoms with Crippen molar-refractivity contribution in [3.63, 3.8) is 0 Å². The van der Waals surface area contributed by atoms with Crippen LogP contribution >= 0.6 is 0 Å². The van der Waals surface area contributed by atoms with Crippen molar-refractivity contribution >= 4 is 35.4 Å². The summed E-state index contributed by atoms with van der Waals surface area (Å²) in [5, 5.41) is 27.5. The van der Waals surface area contributed by atoms with Crippen LogP contribution in [0.4, 0.5) is 13.2 Å². The molecule has 0 saturated heterocycles. The van der Waals surface area contributed by atoms with Gasteiger partial charge in [-0.25, -0.2) is 14.4 Å². The lowest BCUT2D eigenvalue weighted by Crippen LogP contribution is -2.31. The van der Waals surface area contributed by atoms with E-state index in [0.29, 0.717) is 29.0 Å². The number of esters is 1. The number of carboxylic acids is 2. The number of aliphatic carboxylic acids is 2. The van der Waals surface area contributed by atoms with Crippen LogP contribution in [-0.2, 0) is 26.3 Å². The van der Waals surface area contributed by atoms with Gasteiger partial charge in [0.25, 0.3) is 5.91 Å². The molecule has 2 aromatic rings. The Kier molecular flexibility index (Phi) is 11.9. The molecule has 0 saturated carbocycles. The highest BCUT2D eigenvalue weighted by Crippen LogP contribution is 2.37. The molecule has 3 rings (SSSR count). The lowest BCUT2D eigenvalue weighted by atomic mass is 9.83. The summed E-state index contributed by atoms with van der Waals surface area (Å²) in [5.41, 5.74) is 1.53. The zero-order chi connectivity index (χ0) is 35.1. The van der Waals surface area contributed by atoms with Crippen molar-refractivity contribution in [3.05, 3.63) is 57.6 Å². The molecule has 16 heteroatoms. The highest BCUT2D eigenvalue weighted by Gasteiger charge is 2.38. The Balaban J connectivity index is 0.000000942. The van der Waals surface area contributed by atoms with Crippen LogP contribution < -0.4 is 14.8 Å². The first kappa shape index (κ1) is 37.0. The number of alkyl halides is 3. The van der Waals surface area contributed by atoms with Crippen LogP contribution in [0.25, 0.3) is 0 Å². The van der Waals surface area contributed by atoms with Crippen LogP contribution in [0.2, 0.25) is 0 Å². The minimum Gasteiger partial charge on any atom is -0.493 e. The Morgan fingerprint density at radius 3 is 2.09 bits per heavy atom. The number of fused-ring (bicyclic) bond motifs is 1. The van der Waals surface area contributed by atoms with Gasteiger partial charge in [0.2, 0.25) is 0 Å². The second-order valence-corrected chi connectivity index (χ2v) is 10.8. The van der Waals surface area contributed by atoms with Gasteiger partial charge >= 0.3 is 24.1 Å². The normalized spacial score (nSPS) is 12.4. The molecule has 0 fully saturated rings. The Morgan fingerprint density at radius 2 is 1.61 bits per heavy atom. The third-order valence-corrected chi connectivity index (χ3v) is 6.45. The van der Waals surface area contributed by atoms with Gasteiger partial charge in [0.05, 0.1) is 25.8 Å². The van der Waals surface area contributed by atoms with Gasteiger partial charge in [-0.1, -0.05) is 20.8 Å². The molecular weight excluding hydrogens is 619 g/mol. The average Bonchev–Trinajstić information content (AvgIpc) is 3.27. The van der Waals surface area contributed by atoms with Crippen molar-refractivity contribution in [3.8, 4) is 11.5 Å². The smallest absolute Gasteiger partial charge is 0.490 e. The van der Waals surface area contributed by atoms with Crippen LogP contribution in [0.1, 0.15) is 75.5 Å². The summed E-state index contributed by atoms with van der Waals surface area (Å²) in [7, 11) is 2.69. The molecule has 0 spiro atoms. The Bertz CT molecular complexity index is 1550. The lowest BCUT2D eigenvalue weighted by molar-refractivity contribution is -0.192. The van der Waals surface area contributed by atoms with Crippen LogP contribution in [-0.4, -0.2) is 90.6 Å². The van der Waals surface area contributed by atoms with Crippen molar-refractivity contribution < 1.29 is 61.6 Å². The molecule has 13 nitrogen and oxygen atoms in total. The molecule has 2 aromatic carbocycles. The number of ketones is 1. The summed E-state index contributed by atoms with van der Waals surface area (Å²) in [5.74, 6) is -4.95. The second-order valence-electron chi connectivity index (χ2n) is 10.8. The number of amides is 1. The van der Waals surface area contributed by atoms with Gasteiger partial charge in [-0.3, -0.25) is 15.0 Å². The van der Waals surface area contributed by atoms with Crippen molar-refractivity contribution in [2.24, 2.45) is 0 Å². The van der Waals surface area contributed by atoms with Crippen molar-refractivity contribution in [2.45, 2.75) is 45.8 Å². The van der Waals surface area contributed by atoms with Gasteiger partial charge in [0, 0.05) is 30.3 Å². The first-order valence-corrected chi connectivity index (χ1v) is 13.6. The number of ether oxygens (including phenoxy) is 3. The molecule has 0 unspecified atom stereocenters. The van der Waals surface area contributed by atoms with Gasteiger partial charge < -0.3 is 34.6 Å². The zero-order valence-electron chi connectivity index (χ0n) is 25.9. The van der Waals surface area contributed by atoms with Crippen molar-refractivity contribution in [1.29, 1.82) is 5.41 Å².